The summed E-state index contributed by atoms with van der Waals surface area (Å²) in [5.74, 6) is 0.949. The summed E-state index contributed by atoms with van der Waals surface area (Å²) in [7, 11) is 0. The molecule has 0 N–H and O–H groups in total. The van der Waals surface area contributed by atoms with E-state index >= 15 is 0 Å². The number of carbonyl (C=O) groups excluding carboxylic acids is 2. The lowest BCUT2D eigenvalue weighted by atomic mass is 10.0. The summed E-state index contributed by atoms with van der Waals surface area (Å²) in [6, 6.07) is 0. The lowest BCUT2D eigenvalue weighted by Crippen LogP contribution is -1.97. The Balaban J connectivity index is 3.17. The van der Waals surface area contributed by atoms with Gasteiger partial charge in [0.25, 0.3) is 0 Å². The second-order valence-electron chi connectivity index (χ2n) is 8.03. The van der Waals surface area contributed by atoms with Crippen LogP contribution in [-0.2, 0) is 9.59 Å². The first-order valence-corrected chi connectivity index (χ1v) is 11.7. The molecule has 0 bridgehead atoms. The van der Waals surface area contributed by atoms with Crippen LogP contribution < -0.4 is 0 Å². The molecule has 0 aliphatic rings. The largest absolute Gasteiger partial charge is 0.300 e. The zero-order chi connectivity index (χ0) is 19.3. The molecule has 0 aromatic carbocycles. The molecule has 0 rings (SSSR count). The van der Waals surface area contributed by atoms with Gasteiger partial charge in [-0.2, -0.15) is 0 Å². The molecule has 0 radical (unpaired) electrons. The Kier molecular flexibility index (Phi) is 20.1. The second kappa shape index (κ2) is 20.6. The van der Waals surface area contributed by atoms with Crippen molar-refractivity contribution in [1.82, 2.24) is 0 Å². The van der Waals surface area contributed by atoms with Crippen molar-refractivity contribution in [2.75, 3.05) is 0 Å². The summed E-state index contributed by atoms with van der Waals surface area (Å²) >= 11 is 0. The van der Waals surface area contributed by atoms with Gasteiger partial charge < -0.3 is 0 Å². The zero-order valence-corrected chi connectivity index (χ0v) is 18.0. The summed E-state index contributed by atoms with van der Waals surface area (Å²) in [5, 5.41) is 0. The normalized spacial score (nSPS) is 11.0. The molecule has 0 amide bonds. The quantitative estimate of drug-likeness (QED) is 0.193. The van der Waals surface area contributed by atoms with Crippen molar-refractivity contribution in [3.05, 3.63) is 0 Å². The maximum absolute atomic E-state index is 11.7. The van der Waals surface area contributed by atoms with Crippen LogP contribution in [0.1, 0.15) is 142 Å². The van der Waals surface area contributed by atoms with Gasteiger partial charge in [0.05, 0.1) is 0 Å². The molecule has 0 aliphatic carbocycles. The summed E-state index contributed by atoms with van der Waals surface area (Å²) in [4.78, 5) is 23.3. The van der Waals surface area contributed by atoms with Crippen LogP contribution in [0.15, 0.2) is 0 Å². The minimum atomic E-state index is 0.474. The SMILES string of the molecule is CCCCCC(=O)CCCCCCCCCCCCC(=O)CCCCC. The van der Waals surface area contributed by atoms with Crippen LogP contribution in [0.3, 0.4) is 0 Å². The molecule has 0 atom stereocenters. The van der Waals surface area contributed by atoms with Crippen LogP contribution >= 0.6 is 0 Å². The smallest absolute Gasteiger partial charge is 0.132 e. The third kappa shape index (κ3) is 19.7. The summed E-state index contributed by atoms with van der Waals surface area (Å²) < 4.78 is 0. The monoisotopic (exact) mass is 366 g/mol. The first-order valence-electron chi connectivity index (χ1n) is 11.7. The lowest BCUT2D eigenvalue weighted by molar-refractivity contribution is -0.120. The van der Waals surface area contributed by atoms with Gasteiger partial charge in [0.1, 0.15) is 11.6 Å². The van der Waals surface area contributed by atoms with Crippen LogP contribution in [0, 0.1) is 0 Å². The van der Waals surface area contributed by atoms with Gasteiger partial charge in [-0.15, -0.1) is 0 Å². The predicted molar refractivity (Wildman–Crippen MR) is 114 cm³/mol. The third-order valence-corrected chi connectivity index (χ3v) is 5.28. The van der Waals surface area contributed by atoms with E-state index in [1.807, 2.05) is 0 Å². The van der Waals surface area contributed by atoms with Gasteiger partial charge in [-0.05, 0) is 25.7 Å². The average Bonchev–Trinajstić information content (AvgIpc) is 2.63. The molecule has 0 spiro atoms. The number of unbranched alkanes of at least 4 members (excludes halogenated alkanes) is 13. The van der Waals surface area contributed by atoms with E-state index in [1.165, 1.54) is 77.0 Å². The number of Topliss-reactive ketones (excluding diaryl/α,β-unsaturated/α-hetero) is 2. The molecule has 0 aromatic rings. The Morgan fingerprint density at radius 3 is 0.885 bits per heavy atom. The van der Waals surface area contributed by atoms with Gasteiger partial charge in [-0.3, -0.25) is 9.59 Å². The Labute approximate surface area is 163 Å². The third-order valence-electron chi connectivity index (χ3n) is 5.28. The Hall–Kier alpha value is -0.660. The van der Waals surface area contributed by atoms with Gasteiger partial charge in [0, 0.05) is 25.7 Å². The molecule has 0 aliphatic heterocycles. The molecule has 2 nitrogen and oxygen atoms in total. The molecule has 0 saturated heterocycles. The lowest BCUT2D eigenvalue weighted by Gasteiger charge is -2.03. The number of hydrogen-bond acceptors (Lipinski definition) is 2. The molecule has 26 heavy (non-hydrogen) atoms. The van der Waals surface area contributed by atoms with Crippen molar-refractivity contribution in [2.24, 2.45) is 0 Å². The van der Waals surface area contributed by atoms with E-state index in [9.17, 15) is 9.59 Å². The van der Waals surface area contributed by atoms with Gasteiger partial charge in [0.15, 0.2) is 0 Å². The van der Waals surface area contributed by atoms with E-state index in [1.54, 1.807) is 0 Å². The first-order chi connectivity index (χ1) is 12.7. The van der Waals surface area contributed by atoms with Crippen molar-refractivity contribution in [2.45, 2.75) is 142 Å². The van der Waals surface area contributed by atoms with Crippen molar-refractivity contribution >= 4 is 11.6 Å². The van der Waals surface area contributed by atoms with Gasteiger partial charge >= 0.3 is 0 Å². The molecule has 0 aromatic heterocycles. The summed E-state index contributed by atoms with van der Waals surface area (Å²) in [6.45, 7) is 4.36. The Morgan fingerprint density at radius 1 is 0.385 bits per heavy atom. The van der Waals surface area contributed by atoms with Crippen molar-refractivity contribution < 1.29 is 9.59 Å². The fourth-order valence-electron chi connectivity index (χ4n) is 3.45. The topological polar surface area (TPSA) is 34.1 Å². The average molecular weight is 367 g/mol. The van der Waals surface area contributed by atoms with Crippen LogP contribution in [-0.4, -0.2) is 11.6 Å². The standard InChI is InChI=1S/C24H46O2/c1-3-5-15-19-23(25)21-17-13-11-9-7-8-10-12-14-18-22-24(26)20-16-6-4-2/h3-22H2,1-2H3. The van der Waals surface area contributed by atoms with E-state index < -0.39 is 0 Å². The van der Waals surface area contributed by atoms with Gasteiger partial charge in [-0.25, -0.2) is 0 Å². The highest BCUT2D eigenvalue weighted by Crippen LogP contribution is 2.13. The highest BCUT2D eigenvalue weighted by Gasteiger charge is 2.02. The van der Waals surface area contributed by atoms with Crippen LogP contribution in [0.2, 0.25) is 0 Å². The number of rotatable bonds is 21. The molecule has 0 fully saturated rings. The molecule has 0 saturated carbocycles. The fourth-order valence-corrected chi connectivity index (χ4v) is 3.45. The summed E-state index contributed by atoms with van der Waals surface area (Å²) in [6.07, 6.45) is 22.7. The van der Waals surface area contributed by atoms with Crippen LogP contribution in [0.4, 0.5) is 0 Å². The van der Waals surface area contributed by atoms with E-state index in [2.05, 4.69) is 13.8 Å². The molecule has 0 unspecified atom stereocenters. The van der Waals surface area contributed by atoms with E-state index in [4.69, 9.17) is 0 Å². The zero-order valence-electron chi connectivity index (χ0n) is 18.0. The minimum Gasteiger partial charge on any atom is -0.300 e. The van der Waals surface area contributed by atoms with Crippen molar-refractivity contribution in [3.8, 4) is 0 Å². The van der Waals surface area contributed by atoms with Crippen LogP contribution in [0.5, 0.6) is 0 Å². The maximum Gasteiger partial charge on any atom is 0.132 e. The molecule has 0 heterocycles. The predicted octanol–water partition coefficient (Wildman–Crippen LogP) is 7.97. The van der Waals surface area contributed by atoms with E-state index in [0.29, 0.717) is 11.6 Å². The Bertz CT molecular complexity index is 290. The summed E-state index contributed by atoms with van der Waals surface area (Å²) in [5.41, 5.74) is 0. The second-order valence-corrected chi connectivity index (χ2v) is 8.03. The van der Waals surface area contributed by atoms with Crippen molar-refractivity contribution in [1.29, 1.82) is 0 Å². The molecular formula is C24H46O2. The van der Waals surface area contributed by atoms with Crippen LogP contribution in [0.25, 0.3) is 0 Å². The molecule has 2 heteroatoms. The number of hydrogen-bond donors (Lipinski definition) is 0. The maximum atomic E-state index is 11.7. The fraction of sp³-hybridized carbons (Fsp3) is 0.917. The molecular weight excluding hydrogens is 320 g/mol. The van der Waals surface area contributed by atoms with Gasteiger partial charge in [-0.1, -0.05) is 90.9 Å². The van der Waals surface area contributed by atoms with E-state index in [0.717, 1.165) is 51.4 Å². The Morgan fingerprint density at radius 2 is 0.615 bits per heavy atom. The highest BCUT2D eigenvalue weighted by molar-refractivity contribution is 5.78. The van der Waals surface area contributed by atoms with E-state index in [-0.39, 0.29) is 0 Å². The minimum absolute atomic E-state index is 0.474. The van der Waals surface area contributed by atoms with Gasteiger partial charge in [0.2, 0.25) is 0 Å². The number of carbonyl (C=O) groups is 2. The van der Waals surface area contributed by atoms with Crippen molar-refractivity contribution in [3.63, 3.8) is 0 Å². The highest BCUT2D eigenvalue weighted by atomic mass is 16.1. The molecule has 154 valence electrons. The number of ketones is 2. The first kappa shape index (κ1) is 25.3.